The van der Waals surface area contributed by atoms with E-state index in [1.807, 2.05) is 0 Å². The largest absolute Gasteiger partial charge is 0.478 e. The van der Waals surface area contributed by atoms with Crippen LogP contribution in [0.5, 0.6) is 0 Å². The summed E-state index contributed by atoms with van der Waals surface area (Å²) in [5.41, 5.74) is 0.663. The number of amides is 2. The normalized spacial score (nSPS) is 17.4. The number of anilines is 1. The maximum absolute atomic E-state index is 12.2. The molecule has 0 aliphatic carbocycles. The topological polar surface area (TPSA) is 69.6 Å². The lowest BCUT2D eigenvalue weighted by Gasteiger charge is -2.36. The number of carbonyl (C=O) groups excluding carboxylic acids is 1. The van der Waals surface area contributed by atoms with Gasteiger partial charge in [0.25, 0.3) is 0 Å². The van der Waals surface area contributed by atoms with Gasteiger partial charge in [0.2, 0.25) is 0 Å². The van der Waals surface area contributed by atoms with Crippen LogP contribution in [0.1, 0.15) is 37.0 Å². The van der Waals surface area contributed by atoms with Crippen molar-refractivity contribution in [2.75, 3.05) is 18.4 Å². The molecule has 1 fully saturated rings. The number of hydrogen-bond donors (Lipinski definition) is 2. The quantitative estimate of drug-likeness (QED) is 0.848. The third-order valence-corrected chi connectivity index (χ3v) is 4.35. The predicted octanol–water partition coefficient (Wildman–Crippen LogP) is 3.80. The van der Waals surface area contributed by atoms with Crippen molar-refractivity contribution in [2.24, 2.45) is 5.41 Å². The van der Waals surface area contributed by atoms with Gasteiger partial charge < -0.3 is 15.3 Å². The van der Waals surface area contributed by atoms with Gasteiger partial charge in [0, 0.05) is 17.6 Å². The van der Waals surface area contributed by atoms with Crippen molar-refractivity contribution in [3.8, 4) is 0 Å². The monoisotopic (exact) mass is 354 g/mol. The molecule has 1 aliphatic heterocycles. The van der Waals surface area contributed by atoms with Crippen LogP contribution in [0.3, 0.4) is 0 Å². The number of carbonyl (C=O) groups is 2. The van der Waals surface area contributed by atoms with Crippen molar-refractivity contribution in [2.45, 2.75) is 26.7 Å². The molecule has 0 unspecified atom stereocenters. The molecule has 1 aromatic carbocycles. The summed E-state index contributed by atoms with van der Waals surface area (Å²) in [6, 6.07) is 4.55. The second kappa shape index (κ2) is 6.05. The summed E-state index contributed by atoms with van der Waals surface area (Å²) >= 11 is 3.23. The molecule has 21 heavy (non-hydrogen) atoms. The number of nitrogens with one attached hydrogen (secondary N) is 1. The van der Waals surface area contributed by atoms with Crippen LogP contribution < -0.4 is 5.32 Å². The number of halogens is 1. The summed E-state index contributed by atoms with van der Waals surface area (Å²) in [7, 11) is 0. The molecule has 2 rings (SSSR count). The number of hydrogen-bond acceptors (Lipinski definition) is 2. The summed E-state index contributed by atoms with van der Waals surface area (Å²) in [5.74, 6) is -1.06. The van der Waals surface area contributed by atoms with Gasteiger partial charge in [-0.2, -0.15) is 0 Å². The molecule has 2 amide bonds. The van der Waals surface area contributed by atoms with Crippen molar-refractivity contribution >= 4 is 33.6 Å². The molecule has 0 atom stereocenters. The van der Waals surface area contributed by atoms with Crippen LogP contribution in [0.25, 0.3) is 0 Å². The van der Waals surface area contributed by atoms with E-state index in [0.29, 0.717) is 23.2 Å². The van der Waals surface area contributed by atoms with Crippen molar-refractivity contribution in [1.82, 2.24) is 4.90 Å². The van der Waals surface area contributed by atoms with Crippen LogP contribution in [0, 0.1) is 5.41 Å². The van der Waals surface area contributed by atoms with Crippen LogP contribution in [0.15, 0.2) is 22.7 Å². The summed E-state index contributed by atoms with van der Waals surface area (Å²) in [5, 5.41) is 11.9. The van der Waals surface area contributed by atoms with Crippen LogP contribution in [-0.2, 0) is 0 Å². The highest BCUT2D eigenvalue weighted by Gasteiger charge is 2.28. The van der Waals surface area contributed by atoms with Crippen LogP contribution in [0.4, 0.5) is 10.5 Å². The third-order valence-electron chi connectivity index (χ3n) is 3.86. The van der Waals surface area contributed by atoms with Crippen LogP contribution >= 0.6 is 15.9 Å². The molecule has 0 spiro atoms. The first-order valence-corrected chi connectivity index (χ1v) is 7.67. The molecule has 0 aromatic heterocycles. The predicted molar refractivity (Wildman–Crippen MR) is 84.7 cm³/mol. The number of carboxylic acids is 1. The number of nitrogens with zero attached hydrogens (tertiary/aromatic N) is 1. The summed E-state index contributed by atoms with van der Waals surface area (Å²) in [6.07, 6.45) is 1.90. The zero-order chi connectivity index (χ0) is 15.6. The van der Waals surface area contributed by atoms with Gasteiger partial charge >= 0.3 is 12.0 Å². The molecule has 1 heterocycles. The van der Waals surface area contributed by atoms with Gasteiger partial charge in [-0.05, 0) is 36.5 Å². The molecule has 0 radical (unpaired) electrons. The summed E-state index contributed by atoms with van der Waals surface area (Å²) < 4.78 is 0.664. The molecule has 0 bridgehead atoms. The molecule has 2 N–H and O–H groups in total. The third kappa shape index (κ3) is 3.97. The lowest BCUT2D eigenvalue weighted by Crippen LogP contribution is -2.43. The van der Waals surface area contributed by atoms with E-state index in [4.69, 9.17) is 0 Å². The Labute approximate surface area is 132 Å². The molecular weight excluding hydrogens is 336 g/mol. The van der Waals surface area contributed by atoms with Gasteiger partial charge in [-0.1, -0.05) is 29.8 Å². The van der Waals surface area contributed by atoms with E-state index in [-0.39, 0.29) is 17.0 Å². The molecule has 1 aliphatic rings. The Balaban J connectivity index is 2.08. The van der Waals surface area contributed by atoms with Crippen molar-refractivity contribution in [3.05, 3.63) is 28.2 Å². The fraction of sp³-hybridized carbons (Fsp3) is 0.467. The van der Waals surface area contributed by atoms with E-state index in [2.05, 4.69) is 35.1 Å². The minimum absolute atomic E-state index is 0.0788. The molecule has 1 saturated heterocycles. The van der Waals surface area contributed by atoms with Gasteiger partial charge in [0.1, 0.15) is 0 Å². The maximum Gasteiger partial charge on any atom is 0.337 e. The SMILES string of the molecule is CC1(C)CCN(C(=O)Nc2ccc(Br)cc2C(=O)O)CC1. The first kappa shape index (κ1) is 15.8. The molecule has 5 nitrogen and oxygen atoms in total. The number of aromatic carboxylic acids is 1. The first-order chi connectivity index (χ1) is 9.78. The highest BCUT2D eigenvalue weighted by atomic mass is 79.9. The number of carboxylic acid groups (broad SMARTS) is 1. The number of rotatable bonds is 2. The Morgan fingerprint density at radius 3 is 2.48 bits per heavy atom. The lowest BCUT2D eigenvalue weighted by molar-refractivity contribution is 0.0698. The molecule has 0 saturated carbocycles. The minimum Gasteiger partial charge on any atom is -0.478 e. The average Bonchev–Trinajstić information content (AvgIpc) is 2.40. The van der Waals surface area contributed by atoms with E-state index in [9.17, 15) is 14.7 Å². The average molecular weight is 355 g/mol. The minimum atomic E-state index is -1.06. The zero-order valence-electron chi connectivity index (χ0n) is 12.1. The van der Waals surface area contributed by atoms with Gasteiger partial charge in [0.15, 0.2) is 0 Å². The Hall–Kier alpha value is -1.56. The first-order valence-electron chi connectivity index (χ1n) is 6.87. The van der Waals surface area contributed by atoms with E-state index in [1.54, 1.807) is 17.0 Å². The Morgan fingerprint density at radius 1 is 1.29 bits per heavy atom. The Morgan fingerprint density at radius 2 is 1.90 bits per heavy atom. The number of piperidine rings is 1. The van der Waals surface area contributed by atoms with Crippen molar-refractivity contribution in [1.29, 1.82) is 0 Å². The van der Waals surface area contributed by atoms with Crippen molar-refractivity contribution in [3.63, 3.8) is 0 Å². The van der Waals surface area contributed by atoms with Crippen LogP contribution in [0.2, 0.25) is 0 Å². The second-order valence-corrected chi connectivity index (χ2v) is 6.99. The number of benzene rings is 1. The second-order valence-electron chi connectivity index (χ2n) is 6.08. The van der Waals surface area contributed by atoms with E-state index in [0.717, 1.165) is 12.8 Å². The molecule has 114 valence electrons. The summed E-state index contributed by atoms with van der Waals surface area (Å²) in [6.45, 7) is 5.77. The lowest BCUT2D eigenvalue weighted by atomic mass is 9.83. The highest BCUT2D eigenvalue weighted by molar-refractivity contribution is 9.10. The Kier molecular flexibility index (Phi) is 4.56. The highest BCUT2D eigenvalue weighted by Crippen LogP contribution is 2.30. The van der Waals surface area contributed by atoms with E-state index >= 15 is 0 Å². The number of likely N-dealkylation sites (tertiary alicyclic amines) is 1. The standard InChI is InChI=1S/C15H19BrN2O3/c1-15(2)5-7-18(8-6-15)14(21)17-12-4-3-10(16)9-11(12)13(19)20/h3-4,9H,5-8H2,1-2H3,(H,17,21)(H,19,20). The van der Waals surface area contributed by atoms with Gasteiger partial charge in [-0.25, -0.2) is 9.59 Å². The number of urea groups is 1. The smallest absolute Gasteiger partial charge is 0.337 e. The fourth-order valence-electron chi connectivity index (χ4n) is 2.31. The molecule has 6 heteroatoms. The summed E-state index contributed by atoms with van der Waals surface area (Å²) in [4.78, 5) is 25.2. The van der Waals surface area contributed by atoms with E-state index in [1.165, 1.54) is 6.07 Å². The fourth-order valence-corrected chi connectivity index (χ4v) is 2.67. The zero-order valence-corrected chi connectivity index (χ0v) is 13.7. The van der Waals surface area contributed by atoms with Gasteiger partial charge in [0.05, 0.1) is 11.3 Å². The molecular formula is C15H19BrN2O3. The molecule has 1 aromatic rings. The van der Waals surface area contributed by atoms with Crippen molar-refractivity contribution < 1.29 is 14.7 Å². The van der Waals surface area contributed by atoms with Gasteiger partial charge in [-0.15, -0.1) is 0 Å². The maximum atomic E-state index is 12.2. The van der Waals surface area contributed by atoms with E-state index < -0.39 is 5.97 Å². The van der Waals surface area contributed by atoms with Gasteiger partial charge in [-0.3, -0.25) is 0 Å². The van der Waals surface area contributed by atoms with Crippen LogP contribution in [-0.4, -0.2) is 35.1 Å². The Bertz CT molecular complexity index is 562.